The number of hydrogen-bond acceptors (Lipinski definition) is 6. The summed E-state index contributed by atoms with van der Waals surface area (Å²) in [7, 11) is 3.30. The fourth-order valence-corrected chi connectivity index (χ4v) is 4.25. The summed E-state index contributed by atoms with van der Waals surface area (Å²) < 4.78 is 11.0. The number of hydrogen-bond donors (Lipinski definition) is 1. The second-order valence-corrected chi connectivity index (χ2v) is 7.78. The Morgan fingerprint density at radius 3 is 2.66 bits per heavy atom. The lowest BCUT2D eigenvalue weighted by molar-refractivity contribution is 0.0694. The minimum atomic E-state index is -1.01. The minimum Gasteiger partial charge on any atom is -0.497 e. The zero-order chi connectivity index (χ0) is 22.5. The molecule has 4 rings (SSSR count). The standard InChI is InChI=1S/C25H27N3O4/c1-31-18-11-13-23(32-2)19(15-18)22-9-6-14-28(22)25-26-16-20(24(29)30)21(27-25)12-10-17-7-4-3-5-8-17/h3-5,7-8,11,13,15-16,22H,6,9-10,12,14H2,1-2H3,(H,29,30). The van der Waals surface area contributed by atoms with Crippen molar-refractivity contribution in [3.05, 3.63) is 77.1 Å². The molecule has 1 saturated heterocycles. The summed E-state index contributed by atoms with van der Waals surface area (Å²) in [5, 5.41) is 9.65. The molecule has 1 aliphatic heterocycles. The number of aryl methyl sites for hydroxylation is 2. The van der Waals surface area contributed by atoms with Gasteiger partial charge in [0.25, 0.3) is 0 Å². The highest BCUT2D eigenvalue weighted by molar-refractivity contribution is 5.88. The number of aromatic carboxylic acids is 1. The van der Waals surface area contributed by atoms with Crippen molar-refractivity contribution in [2.24, 2.45) is 0 Å². The highest BCUT2D eigenvalue weighted by atomic mass is 16.5. The van der Waals surface area contributed by atoms with E-state index >= 15 is 0 Å². The van der Waals surface area contributed by atoms with Crippen LogP contribution in [0.2, 0.25) is 0 Å². The molecular weight excluding hydrogens is 406 g/mol. The third-order valence-electron chi connectivity index (χ3n) is 5.88. The Balaban J connectivity index is 1.66. The van der Waals surface area contributed by atoms with E-state index in [0.29, 0.717) is 24.5 Å². The topological polar surface area (TPSA) is 84.8 Å². The van der Waals surface area contributed by atoms with E-state index in [1.54, 1.807) is 14.2 Å². The number of anilines is 1. The highest BCUT2D eigenvalue weighted by Gasteiger charge is 2.31. The van der Waals surface area contributed by atoms with Gasteiger partial charge in [0.2, 0.25) is 5.95 Å². The van der Waals surface area contributed by atoms with Crippen LogP contribution in [0.15, 0.2) is 54.7 Å². The lowest BCUT2D eigenvalue weighted by atomic mass is 10.0. The molecule has 0 bridgehead atoms. The minimum absolute atomic E-state index is 0.0256. The van der Waals surface area contributed by atoms with Gasteiger partial charge in [-0.05, 0) is 49.4 Å². The van der Waals surface area contributed by atoms with Gasteiger partial charge in [-0.3, -0.25) is 0 Å². The van der Waals surface area contributed by atoms with Crippen molar-refractivity contribution in [1.82, 2.24) is 9.97 Å². The molecule has 1 fully saturated rings. The van der Waals surface area contributed by atoms with Crippen LogP contribution in [0, 0.1) is 0 Å². The van der Waals surface area contributed by atoms with Crippen LogP contribution < -0.4 is 14.4 Å². The fourth-order valence-electron chi connectivity index (χ4n) is 4.25. The molecule has 1 aromatic heterocycles. The quantitative estimate of drug-likeness (QED) is 0.566. The van der Waals surface area contributed by atoms with E-state index in [0.717, 1.165) is 42.0 Å². The van der Waals surface area contributed by atoms with Gasteiger partial charge in [0.1, 0.15) is 11.5 Å². The van der Waals surface area contributed by atoms with Gasteiger partial charge in [0, 0.05) is 18.3 Å². The molecule has 0 spiro atoms. The summed E-state index contributed by atoms with van der Waals surface area (Å²) in [4.78, 5) is 23.1. The first-order chi connectivity index (χ1) is 15.6. The Morgan fingerprint density at radius 2 is 1.94 bits per heavy atom. The third kappa shape index (κ3) is 4.51. The van der Waals surface area contributed by atoms with Crippen LogP contribution in [0.25, 0.3) is 0 Å². The Hall–Kier alpha value is -3.61. The molecule has 0 amide bonds. The molecule has 7 heteroatoms. The van der Waals surface area contributed by atoms with Crippen LogP contribution in [0.1, 0.15) is 46.1 Å². The Bertz CT molecular complexity index is 1090. The van der Waals surface area contributed by atoms with Crippen LogP contribution in [0.3, 0.4) is 0 Å². The number of carboxylic acids is 1. The number of aromatic nitrogens is 2. The molecule has 166 valence electrons. The van der Waals surface area contributed by atoms with Crippen molar-refractivity contribution in [1.29, 1.82) is 0 Å². The van der Waals surface area contributed by atoms with E-state index in [1.165, 1.54) is 6.20 Å². The van der Waals surface area contributed by atoms with Crippen molar-refractivity contribution >= 4 is 11.9 Å². The van der Waals surface area contributed by atoms with Gasteiger partial charge in [-0.25, -0.2) is 14.8 Å². The smallest absolute Gasteiger partial charge is 0.339 e. The SMILES string of the molecule is COc1ccc(OC)c(C2CCCN2c2ncc(C(=O)O)c(CCc3ccccc3)n2)c1. The van der Waals surface area contributed by atoms with E-state index in [-0.39, 0.29) is 11.6 Å². The van der Waals surface area contributed by atoms with Gasteiger partial charge in [-0.1, -0.05) is 30.3 Å². The zero-order valence-electron chi connectivity index (χ0n) is 18.3. The molecule has 1 aliphatic rings. The number of ether oxygens (including phenoxy) is 2. The van der Waals surface area contributed by atoms with E-state index in [9.17, 15) is 9.90 Å². The summed E-state index contributed by atoms with van der Waals surface area (Å²) in [6, 6.07) is 15.8. The molecule has 7 nitrogen and oxygen atoms in total. The second-order valence-electron chi connectivity index (χ2n) is 7.78. The average Bonchev–Trinajstić information content (AvgIpc) is 3.32. The summed E-state index contributed by atoms with van der Waals surface area (Å²) in [5.74, 6) is 1.09. The first-order valence-electron chi connectivity index (χ1n) is 10.7. The largest absolute Gasteiger partial charge is 0.497 e. The molecule has 0 radical (unpaired) electrons. The summed E-state index contributed by atoms with van der Waals surface area (Å²) in [6.07, 6.45) is 4.58. The van der Waals surface area contributed by atoms with E-state index in [1.807, 2.05) is 48.5 Å². The van der Waals surface area contributed by atoms with Gasteiger partial charge < -0.3 is 19.5 Å². The number of carbonyl (C=O) groups is 1. The first kappa shape index (κ1) is 21.6. The lowest BCUT2D eigenvalue weighted by Gasteiger charge is -2.27. The van der Waals surface area contributed by atoms with Crippen molar-refractivity contribution in [2.45, 2.75) is 31.7 Å². The predicted octanol–water partition coefficient (Wildman–Crippen LogP) is 4.32. The van der Waals surface area contributed by atoms with Crippen LogP contribution in [0.4, 0.5) is 5.95 Å². The van der Waals surface area contributed by atoms with Gasteiger partial charge in [0.15, 0.2) is 0 Å². The Kier molecular flexibility index (Phi) is 6.54. The fraction of sp³-hybridized carbons (Fsp3) is 0.320. The van der Waals surface area contributed by atoms with Gasteiger partial charge in [-0.15, -0.1) is 0 Å². The maximum Gasteiger partial charge on any atom is 0.339 e. The van der Waals surface area contributed by atoms with Crippen molar-refractivity contribution < 1.29 is 19.4 Å². The summed E-state index contributed by atoms with van der Waals surface area (Å²) in [6.45, 7) is 0.787. The number of benzene rings is 2. The zero-order valence-corrected chi connectivity index (χ0v) is 18.3. The molecule has 1 unspecified atom stereocenters. The van der Waals surface area contributed by atoms with Crippen LogP contribution in [-0.2, 0) is 12.8 Å². The van der Waals surface area contributed by atoms with Crippen molar-refractivity contribution in [3.63, 3.8) is 0 Å². The van der Waals surface area contributed by atoms with Crippen LogP contribution in [-0.4, -0.2) is 41.8 Å². The normalized spacial score (nSPS) is 15.6. The maximum atomic E-state index is 11.8. The molecule has 3 aromatic rings. The monoisotopic (exact) mass is 433 g/mol. The molecule has 1 atom stereocenters. The lowest BCUT2D eigenvalue weighted by Crippen LogP contribution is -2.26. The Morgan fingerprint density at radius 1 is 1.12 bits per heavy atom. The number of rotatable bonds is 8. The molecule has 2 aromatic carbocycles. The van der Waals surface area contributed by atoms with Gasteiger partial charge in [-0.2, -0.15) is 0 Å². The molecule has 0 saturated carbocycles. The van der Waals surface area contributed by atoms with Gasteiger partial charge in [0.05, 0.1) is 31.5 Å². The maximum absolute atomic E-state index is 11.8. The van der Waals surface area contributed by atoms with Crippen molar-refractivity contribution in [2.75, 3.05) is 25.7 Å². The van der Waals surface area contributed by atoms with Crippen LogP contribution >= 0.6 is 0 Å². The third-order valence-corrected chi connectivity index (χ3v) is 5.88. The second kappa shape index (κ2) is 9.68. The van der Waals surface area contributed by atoms with E-state index in [2.05, 4.69) is 9.88 Å². The van der Waals surface area contributed by atoms with Crippen LogP contribution in [0.5, 0.6) is 11.5 Å². The molecule has 0 aliphatic carbocycles. The summed E-state index contributed by atoms with van der Waals surface area (Å²) in [5.41, 5.74) is 2.86. The molecule has 32 heavy (non-hydrogen) atoms. The van der Waals surface area contributed by atoms with E-state index in [4.69, 9.17) is 14.5 Å². The first-order valence-corrected chi connectivity index (χ1v) is 10.7. The van der Waals surface area contributed by atoms with Crippen molar-refractivity contribution in [3.8, 4) is 11.5 Å². The molecule has 1 N–H and O–H groups in total. The van der Waals surface area contributed by atoms with Gasteiger partial charge >= 0.3 is 5.97 Å². The van der Waals surface area contributed by atoms with E-state index < -0.39 is 5.97 Å². The number of methoxy groups -OCH3 is 2. The highest BCUT2D eigenvalue weighted by Crippen LogP contribution is 2.40. The Labute approximate surface area is 187 Å². The number of nitrogens with zero attached hydrogens (tertiary/aromatic N) is 3. The molecular formula is C25H27N3O4. The average molecular weight is 434 g/mol. The number of carboxylic acid groups (broad SMARTS) is 1. The molecule has 2 heterocycles. The predicted molar refractivity (Wildman–Crippen MR) is 122 cm³/mol. The summed E-state index contributed by atoms with van der Waals surface area (Å²) >= 11 is 0.